The fourth-order valence-electron chi connectivity index (χ4n) is 4.10. The molecule has 0 radical (unpaired) electrons. The number of hydrogen-bond acceptors (Lipinski definition) is 8. The van der Waals surface area contributed by atoms with Gasteiger partial charge in [-0.1, -0.05) is 30.0 Å². The van der Waals surface area contributed by atoms with Gasteiger partial charge in [-0.15, -0.1) is 21.5 Å². The van der Waals surface area contributed by atoms with Gasteiger partial charge in [0.15, 0.2) is 17.1 Å². The number of carbonyl (C=O) groups is 2. The molecule has 0 saturated carbocycles. The molecular weight excluding hydrogens is 484 g/mol. The van der Waals surface area contributed by atoms with Crippen molar-refractivity contribution in [3.8, 4) is 5.75 Å². The molecule has 1 aliphatic rings. The van der Waals surface area contributed by atoms with Crippen LogP contribution in [0.25, 0.3) is 0 Å². The maximum Gasteiger partial charge on any atom is 0.341 e. The van der Waals surface area contributed by atoms with Crippen LogP contribution in [0.15, 0.2) is 29.4 Å². The second-order valence-corrected chi connectivity index (χ2v) is 10.4. The van der Waals surface area contributed by atoms with Gasteiger partial charge in [-0.3, -0.25) is 4.79 Å². The van der Waals surface area contributed by atoms with Crippen LogP contribution >= 0.6 is 23.1 Å². The Kier molecular flexibility index (Phi) is 8.12. The lowest BCUT2D eigenvalue weighted by Gasteiger charge is -2.15. The SMILES string of the molecule is CCOC(=O)c1c(NC(=O)CSc2nnc(C(C)Oc3ccccc3C)n2C)sc2c1CCCC2. The Morgan fingerprint density at radius 2 is 2.00 bits per heavy atom. The lowest BCUT2D eigenvalue weighted by Crippen LogP contribution is -2.17. The maximum absolute atomic E-state index is 12.8. The fraction of sp³-hybridized carbons (Fsp3) is 0.440. The Bertz CT molecular complexity index is 1220. The number of anilines is 1. The van der Waals surface area contributed by atoms with Gasteiger partial charge < -0.3 is 19.4 Å². The van der Waals surface area contributed by atoms with Gasteiger partial charge in [0.2, 0.25) is 5.91 Å². The molecule has 1 aliphatic carbocycles. The molecule has 10 heteroatoms. The highest BCUT2D eigenvalue weighted by atomic mass is 32.2. The number of benzene rings is 1. The van der Waals surface area contributed by atoms with Gasteiger partial charge in [-0.05, 0) is 63.6 Å². The van der Waals surface area contributed by atoms with Crippen LogP contribution in [-0.2, 0) is 29.4 Å². The van der Waals surface area contributed by atoms with Crippen molar-refractivity contribution in [2.24, 2.45) is 7.05 Å². The number of hydrogen-bond donors (Lipinski definition) is 1. The van der Waals surface area contributed by atoms with Crippen molar-refractivity contribution in [2.75, 3.05) is 17.7 Å². The Labute approximate surface area is 213 Å². The number of rotatable bonds is 9. The number of aromatic nitrogens is 3. The lowest BCUT2D eigenvalue weighted by molar-refractivity contribution is -0.113. The van der Waals surface area contributed by atoms with Crippen molar-refractivity contribution in [1.82, 2.24) is 14.8 Å². The number of amides is 1. The molecule has 0 bridgehead atoms. The maximum atomic E-state index is 12.8. The predicted octanol–water partition coefficient (Wildman–Crippen LogP) is 5.11. The second-order valence-electron chi connectivity index (χ2n) is 8.40. The summed E-state index contributed by atoms with van der Waals surface area (Å²) in [6.45, 7) is 6.00. The number of ether oxygens (including phenoxy) is 2. The Morgan fingerprint density at radius 1 is 1.23 bits per heavy atom. The molecule has 8 nitrogen and oxygen atoms in total. The van der Waals surface area contributed by atoms with Crippen LogP contribution in [0.4, 0.5) is 5.00 Å². The average molecular weight is 515 g/mol. The van der Waals surface area contributed by atoms with Gasteiger partial charge in [-0.25, -0.2) is 4.79 Å². The van der Waals surface area contributed by atoms with E-state index in [2.05, 4.69) is 15.5 Å². The summed E-state index contributed by atoms with van der Waals surface area (Å²) < 4.78 is 13.2. The monoisotopic (exact) mass is 514 g/mol. The first-order valence-electron chi connectivity index (χ1n) is 11.7. The Balaban J connectivity index is 1.41. The highest BCUT2D eigenvalue weighted by Gasteiger charge is 2.27. The number of esters is 1. The van der Waals surface area contributed by atoms with Crippen molar-refractivity contribution < 1.29 is 19.1 Å². The summed E-state index contributed by atoms with van der Waals surface area (Å²) in [6, 6.07) is 7.82. The smallest absolute Gasteiger partial charge is 0.341 e. The van der Waals surface area contributed by atoms with Crippen LogP contribution in [0.3, 0.4) is 0 Å². The predicted molar refractivity (Wildman–Crippen MR) is 137 cm³/mol. The van der Waals surface area contributed by atoms with E-state index < -0.39 is 0 Å². The van der Waals surface area contributed by atoms with E-state index in [0.29, 0.717) is 28.2 Å². The third-order valence-electron chi connectivity index (χ3n) is 5.87. The summed E-state index contributed by atoms with van der Waals surface area (Å²) in [7, 11) is 1.86. The van der Waals surface area contributed by atoms with E-state index in [0.717, 1.165) is 42.6 Å². The highest BCUT2D eigenvalue weighted by molar-refractivity contribution is 7.99. The minimum absolute atomic E-state index is 0.143. The van der Waals surface area contributed by atoms with Crippen LogP contribution in [0.5, 0.6) is 5.75 Å². The standard InChI is InChI=1S/C25H30N4O4S2/c1-5-32-24(31)21-17-11-7-9-13-19(17)35-23(21)26-20(30)14-34-25-28-27-22(29(25)4)16(3)33-18-12-8-6-10-15(18)2/h6,8,10,12,16H,5,7,9,11,13-14H2,1-4H3,(H,26,30). The fourth-order valence-corrected chi connectivity index (χ4v) is 6.12. The summed E-state index contributed by atoms with van der Waals surface area (Å²) in [6.07, 6.45) is 3.61. The van der Waals surface area contributed by atoms with Crippen molar-refractivity contribution in [3.05, 3.63) is 51.7 Å². The number of thioether (sulfide) groups is 1. The summed E-state index contributed by atoms with van der Waals surface area (Å²) in [5.74, 6) is 1.05. The minimum Gasteiger partial charge on any atom is -0.482 e. The topological polar surface area (TPSA) is 95.3 Å². The molecule has 2 heterocycles. The number of para-hydroxylation sites is 1. The second kappa shape index (κ2) is 11.3. The van der Waals surface area contributed by atoms with E-state index in [4.69, 9.17) is 9.47 Å². The van der Waals surface area contributed by atoms with Gasteiger partial charge in [0.25, 0.3) is 0 Å². The van der Waals surface area contributed by atoms with E-state index in [-0.39, 0.29) is 23.7 Å². The molecule has 186 valence electrons. The largest absolute Gasteiger partial charge is 0.482 e. The Hall–Kier alpha value is -2.85. The van der Waals surface area contributed by atoms with Crippen LogP contribution in [0.1, 0.15) is 65.0 Å². The molecule has 4 rings (SSSR count). The van der Waals surface area contributed by atoms with E-state index in [1.807, 2.05) is 49.7 Å². The van der Waals surface area contributed by atoms with Gasteiger partial charge in [0.05, 0.1) is 17.9 Å². The molecule has 1 N–H and O–H groups in total. The first-order chi connectivity index (χ1) is 16.9. The van der Waals surface area contributed by atoms with Gasteiger partial charge in [-0.2, -0.15) is 0 Å². The molecule has 1 aromatic carbocycles. The van der Waals surface area contributed by atoms with Gasteiger partial charge in [0.1, 0.15) is 10.8 Å². The number of nitrogens with one attached hydrogen (secondary N) is 1. The zero-order valence-corrected chi connectivity index (χ0v) is 22.1. The van der Waals surface area contributed by atoms with Gasteiger partial charge in [0, 0.05) is 11.9 Å². The third kappa shape index (κ3) is 5.70. The van der Waals surface area contributed by atoms with E-state index in [1.165, 1.54) is 28.0 Å². The van der Waals surface area contributed by atoms with Gasteiger partial charge >= 0.3 is 5.97 Å². The minimum atomic E-state index is -0.365. The van der Waals surface area contributed by atoms with E-state index in [9.17, 15) is 9.59 Å². The summed E-state index contributed by atoms with van der Waals surface area (Å²) in [5.41, 5.74) is 2.60. The van der Waals surface area contributed by atoms with E-state index in [1.54, 1.807) is 6.92 Å². The molecule has 0 spiro atoms. The molecule has 1 atom stereocenters. The normalized spacial score (nSPS) is 13.7. The molecule has 0 saturated heterocycles. The molecule has 0 fully saturated rings. The summed E-state index contributed by atoms with van der Waals surface area (Å²) in [4.78, 5) is 26.6. The highest BCUT2D eigenvalue weighted by Crippen LogP contribution is 2.38. The first kappa shape index (κ1) is 25.2. The third-order valence-corrected chi connectivity index (χ3v) is 8.09. The number of fused-ring (bicyclic) bond motifs is 1. The summed E-state index contributed by atoms with van der Waals surface area (Å²) in [5, 5.41) is 12.7. The van der Waals surface area contributed by atoms with Crippen molar-refractivity contribution in [1.29, 1.82) is 0 Å². The van der Waals surface area contributed by atoms with Crippen molar-refractivity contribution in [3.63, 3.8) is 0 Å². The number of carbonyl (C=O) groups excluding carboxylic acids is 2. The zero-order valence-electron chi connectivity index (χ0n) is 20.4. The zero-order chi connectivity index (χ0) is 24.9. The van der Waals surface area contributed by atoms with Crippen LogP contribution in [-0.4, -0.2) is 39.0 Å². The van der Waals surface area contributed by atoms with Crippen molar-refractivity contribution >= 4 is 40.0 Å². The molecule has 35 heavy (non-hydrogen) atoms. The Morgan fingerprint density at radius 3 is 2.77 bits per heavy atom. The summed E-state index contributed by atoms with van der Waals surface area (Å²) >= 11 is 2.78. The lowest BCUT2D eigenvalue weighted by atomic mass is 9.95. The molecule has 2 aromatic heterocycles. The molecule has 1 amide bonds. The van der Waals surface area contributed by atoms with Crippen LogP contribution in [0.2, 0.25) is 0 Å². The average Bonchev–Trinajstić information content (AvgIpc) is 3.39. The van der Waals surface area contributed by atoms with Crippen LogP contribution in [0, 0.1) is 6.92 Å². The molecular formula is C25H30N4O4S2. The van der Waals surface area contributed by atoms with E-state index >= 15 is 0 Å². The number of aryl methyl sites for hydroxylation is 2. The molecule has 0 aliphatic heterocycles. The first-order valence-corrected chi connectivity index (χ1v) is 13.5. The van der Waals surface area contributed by atoms with Crippen LogP contribution < -0.4 is 10.1 Å². The molecule has 1 unspecified atom stereocenters. The molecule has 3 aromatic rings. The quantitative estimate of drug-likeness (QED) is 0.313. The van der Waals surface area contributed by atoms with Crippen molar-refractivity contribution in [2.45, 2.75) is 57.7 Å². The number of thiophene rings is 1. The number of nitrogens with zero attached hydrogens (tertiary/aromatic N) is 3.